The first-order valence-corrected chi connectivity index (χ1v) is 7.88. The number of benzene rings is 1. The van der Waals surface area contributed by atoms with Crippen LogP contribution in [0.15, 0.2) is 29.3 Å². The Hall–Kier alpha value is -2.08. The van der Waals surface area contributed by atoms with E-state index in [4.69, 9.17) is 9.47 Å². The van der Waals surface area contributed by atoms with Gasteiger partial charge in [-0.05, 0) is 38.1 Å². The van der Waals surface area contributed by atoms with Crippen molar-refractivity contribution >= 4 is 11.9 Å². The number of amides is 1. The van der Waals surface area contributed by atoms with Crippen LogP contribution < -0.4 is 15.0 Å². The monoisotopic (exact) mass is 322 g/mol. The van der Waals surface area contributed by atoms with E-state index in [1.54, 1.807) is 31.4 Å². The second kappa shape index (κ2) is 9.84. The maximum absolute atomic E-state index is 12.3. The van der Waals surface area contributed by atoms with Gasteiger partial charge in [0.05, 0.1) is 33.9 Å². The van der Waals surface area contributed by atoms with E-state index in [0.29, 0.717) is 17.9 Å². The predicted octanol–water partition coefficient (Wildman–Crippen LogP) is 0.741. The number of ether oxygens (including phenoxy) is 2. The summed E-state index contributed by atoms with van der Waals surface area (Å²) < 4.78 is 10.7. The Morgan fingerprint density at radius 3 is 2.43 bits per heavy atom. The molecule has 0 aromatic heterocycles. The van der Waals surface area contributed by atoms with Crippen molar-refractivity contribution in [3.8, 4) is 5.75 Å². The minimum absolute atomic E-state index is 0.0515. The van der Waals surface area contributed by atoms with Gasteiger partial charge in [0, 0.05) is 18.5 Å². The summed E-state index contributed by atoms with van der Waals surface area (Å²) in [6, 6.07) is 7.17. The highest BCUT2D eigenvalue weighted by atomic mass is 16.5. The van der Waals surface area contributed by atoms with Gasteiger partial charge < -0.3 is 14.4 Å². The van der Waals surface area contributed by atoms with E-state index in [9.17, 15) is 4.79 Å². The highest BCUT2D eigenvalue weighted by Crippen LogP contribution is 2.11. The summed E-state index contributed by atoms with van der Waals surface area (Å²) in [4.78, 5) is 18.0. The van der Waals surface area contributed by atoms with Crippen LogP contribution in [0.5, 0.6) is 5.75 Å². The maximum Gasteiger partial charge on any atom is 0.291 e. The number of aliphatic imine (C=N–C) groups is 1. The molecule has 1 rings (SSSR count). The van der Waals surface area contributed by atoms with Crippen LogP contribution in [0.4, 0.5) is 0 Å². The molecule has 0 unspecified atom stereocenters. The van der Waals surface area contributed by atoms with E-state index in [1.165, 1.54) is 4.90 Å². The van der Waals surface area contributed by atoms with Gasteiger partial charge in [0.2, 0.25) is 0 Å². The first-order chi connectivity index (χ1) is 10.9. The Balaban J connectivity index is 2.66. The lowest BCUT2D eigenvalue weighted by Crippen LogP contribution is -3.05. The molecule has 0 saturated carbocycles. The topological polar surface area (TPSA) is 64.4 Å². The maximum atomic E-state index is 12.3. The first kappa shape index (κ1) is 19.0. The molecule has 0 atom stereocenters. The second-order valence-corrected chi connectivity index (χ2v) is 5.85. The minimum Gasteiger partial charge on any atom is -0.497 e. The molecule has 1 aromatic rings. The molecule has 1 aromatic carbocycles. The van der Waals surface area contributed by atoms with Crippen molar-refractivity contribution in [2.24, 2.45) is 4.99 Å². The quantitative estimate of drug-likeness (QED) is 0.442. The molecule has 0 saturated heterocycles. The Bertz CT molecular complexity index is 510. The molecule has 1 amide bonds. The molecule has 0 fully saturated rings. The molecule has 0 radical (unpaired) electrons. The fourth-order valence-electron chi connectivity index (χ4n) is 1.85. The van der Waals surface area contributed by atoms with Gasteiger partial charge in [0.15, 0.2) is 0 Å². The Morgan fingerprint density at radius 2 is 1.91 bits per heavy atom. The fourth-order valence-corrected chi connectivity index (χ4v) is 1.85. The molecule has 0 aliphatic rings. The molecule has 0 spiro atoms. The van der Waals surface area contributed by atoms with Crippen LogP contribution in [0.25, 0.3) is 0 Å². The number of carbonyl (C=O) groups excluding carboxylic acids is 1. The van der Waals surface area contributed by atoms with Gasteiger partial charge in [-0.25, -0.2) is 4.99 Å². The van der Waals surface area contributed by atoms with Crippen molar-refractivity contribution < 1.29 is 19.2 Å². The van der Waals surface area contributed by atoms with Gasteiger partial charge >= 0.3 is 0 Å². The number of quaternary nitrogens is 1. The zero-order valence-electron chi connectivity index (χ0n) is 14.7. The van der Waals surface area contributed by atoms with Gasteiger partial charge in [-0.15, -0.1) is 0 Å². The molecule has 0 aliphatic carbocycles. The number of hydrogen-bond acceptors (Lipinski definition) is 4. The second-order valence-electron chi connectivity index (χ2n) is 5.85. The number of amidine groups is 1. The van der Waals surface area contributed by atoms with Crippen LogP contribution in [0.2, 0.25) is 0 Å². The number of rotatable bonds is 7. The van der Waals surface area contributed by atoms with Crippen molar-refractivity contribution in [1.82, 2.24) is 5.32 Å². The van der Waals surface area contributed by atoms with Crippen LogP contribution in [-0.4, -0.2) is 52.3 Å². The molecule has 128 valence electrons. The van der Waals surface area contributed by atoms with Crippen LogP contribution >= 0.6 is 0 Å². The fraction of sp³-hybridized carbons (Fsp3) is 0.529. The zero-order chi connectivity index (χ0) is 17.2. The molecule has 0 aliphatic heterocycles. The van der Waals surface area contributed by atoms with E-state index >= 15 is 0 Å². The Labute approximate surface area is 138 Å². The van der Waals surface area contributed by atoms with Crippen LogP contribution in [0.1, 0.15) is 30.6 Å². The van der Waals surface area contributed by atoms with Crippen molar-refractivity contribution in [2.75, 3.05) is 34.3 Å². The van der Waals surface area contributed by atoms with Gasteiger partial charge in [0.25, 0.3) is 11.9 Å². The summed E-state index contributed by atoms with van der Waals surface area (Å²) in [6.45, 7) is 5.44. The summed E-state index contributed by atoms with van der Waals surface area (Å²) in [6.07, 6.45) is 0.885. The summed E-state index contributed by atoms with van der Waals surface area (Å²) >= 11 is 0. The molecular formula is C17H28N3O3+. The van der Waals surface area contributed by atoms with Gasteiger partial charge in [-0.3, -0.25) is 10.1 Å². The largest absolute Gasteiger partial charge is 0.497 e. The number of hydrogen-bond donors (Lipinski definition) is 2. The van der Waals surface area contributed by atoms with Crippen molar-refractivity contribution in [3.63, 3.8) is 0 Å². The zero-order valence-corrected chi connectivity index (χ0v) is 14.7. The lowest BCUT2D eigenvalue weighted by atomic mass is 10.2. The molecule has 6 nitrogen and oxygen atoms in total. The number of methoxy groups -OCH3 is 1. The van der Waals surface area contributed by atoms with E-state index in [1.807, 2.05) is 13.8 Å². The minimum atomic E-state index is -0.245. The highest BCUT2D eigenvalue weighted by molar-refractivity contribution is 6.04. The number of nitrogens with one attached hydrogen (secondary N) is 2. The lowest BCUT2D eigenvalue weighted by molar-refractivity contribution is -0.858. The van der Waals surface area contributed by atoms with E-state index in [0.717, 1.165) is 13.0 Å². The molecule has 0 heterocycles. The first-order valence-electron chi connectivity index (χ1n) is 7.88. The normalized spacial score (nSPS) is 11.7. The van der Waals surface area contributed by atoms with Crippen LogP contribution in [-0.2, 0) is 4.74 Å². The molecule has 0 bridgehead atoms. The van der Waals surface area contributed by atoms with Crippen LogP contribution in [0, 0.1) is 0 Å². The van der Waals surface area contributed by atoms with Crippen molar-refractivity contribution in [3.05, 3.63) is 29.8 Å². The number of carbonyl (C=O) groups is 1. The summed E-state index contributed by atoms with van der Waals surface area (Å²) in [7, 11) is 5.78. The SMILES string of the molecule is COc1ccc(C(=O)NC(=NCCC[NH+](C)C)OC(C)C)cc1. The van der Waals surface area contributed by atoms with Crippen molar-refractivity contribution in [2.45, 2.75) is 26.4 Å². The average molecular weight is 322 g/mol. The van der Waals surface area contributed by atoms with Crippen molar-refractivity contribution in [1.29, 1.82) is 0 Å². The average Bonchev–Trinajstić information content (AvgIpc) is 2.50. The predicted molar refractivity (Wildman–Crippen MR) is 91.3 cm³/mol. The summed E-state index contributed by atoms with van der Waals surface area (Å²) in [5, 5.41) is 2.73. The molecule has 23 heavy (non-hydrogen) atoms. The van der Waals surface area contributed by atoms with E-state index < -0.39 is 0 Å². The third-order valence-corrected chi connectivity index (χ3v) is 3.01. The van der Waals surface area contributed by atoms with E-state index in [2.05, 4.69) is 24.4 Å². The lowest BCUT2D eigenvalue weighted by Gasteiger charge is -2.14. The molecule has 6 heteroatoms. The standard InChI is InChI=1S/C17H27N3O3/c1-13(2)23-17(18-11-6-12-20(3)4)19-16(21)14-7-9-15(22-5)10-8-14/h7-10,13H,6,11-12H2,1-5H3,(H,18,19,21)/p+1. The highest BCUT2D eigenvalue weighted by Gasteiger charge is 2.11. The Kier molecular flexibility index (Phi) is 8.11. The molecule has 2 N–H and O–H groups in total. The van der Waals surface area contributed by atoms with Gasteiger partial charge in [0.1, 0.15) is 5.75 Å². The molecular weight excluding hydrogens is 294 g/mol. The Morgan fingerprint density at radius 1 is 1.26 bits per heavy atom. The third kappa shape index (κ3) is 7.65. The summed E-state index contributed by atoms with van der Waals surface area (Å²) in [5.74, 6) is 0.463. The number of nitrogens with zero attached hydrogens (tertiary/aromatic N) is 1. The van der Waals surface area contributed by atoms with Gasteiger partial charge in [-0.2, -0.15) is 0 Å². The summed E-state index contributed by atoms with van der Waals surface area (Å²) in [5.41, 5.74) is 0.531. The smallest absolute Gasteiger partial charge is 0.291 e. The van der Waals surface area contributed by atoms with E-state index in [-0.39, 0.29) is 18.0 Å². The van der Waals surface area contributed by atoms with Crippen LogP contribution in [0.3, 0.4) is 0 Å². The van der Waals surface area contributed by atoms with Gasteiger partial charge in [-0.1, -0.05) is 0 Å². The third-order valence-electron chi connectivity index (χ3n) is 3.01.